The zero-order valence-electron chi connectivity index (χ0n) is 21.0. The van der Waals surface area contributed by atoms with Crippen LogP contribution in [0.3, 0.4) is 0 Å². The number of hydrazone groups is 1. The van der Waals surface area contributed by atoms with Gasteiger partial charge in [-0.3, -0.25) is 10.4 Å². The van der Waals surface area contributed by atoms with E-state index in [0.29, 0.717) is 24.9 Å². The number of imidazole rings is 1. The molecule has 0 amide bonds. The molecule has 0 aliphatic carbocycles. The van der Waals surface area contributed by atoms with Gasteiger partial charge in [0.1, 0.15) is 0 Å². The summed E-state index contributed by atoms with van der Waals surface area (Å²) in [6.07, 6.45) is 11.0. The maximum Gasteiger partial charge on any atom is 0.177 e. The normalized spacial score (nSPS) is 15.0. The first-order chi connectivity index (χ1) is 17.7. The van der Waals surface area contributed by atoms with Crippen LogP contribution in [0.2, 0.25) is 0 Å². The van der Waals surface area contributed by atoms with Crippen molar-refractivity contribution in [1.82, 2.24) is 19.6 Å². The molecule has 1 aromatic carbocycles. The van der Waals surface area contributed by atoms with Gasteiger partial charge in [0.2, 0.25) is 0 Å². The first kappa shape index (κ1) is 23.9. The molecule has 8 heteroatoms. The Morgan fingerprint density at radius 2 is 1.97 bits per heavy atom. The van der Waals surface area contributed by atoms with Crippen LogP contribution in [-0.4, -0.2) is 52.1 Å². The summed E-state index contributed by atoms with van der Waals surface area (Å²) in [5, 5.41) is 9.25. The van der Waals surface area contributed by atoms with Gasteiger partial charge in [0.05, 0.1) is 37.0 Å². The number of ether oxygens (including phenoxy) is 1. The molecule has 1 N–H and O–H groups in total. The quantitative estimate of drug-likeness (QED) is 0.255. The molecule has 5 rings (SSSR count). The molecule has 1 aliphatic heterocycles. The second-order valence-electron chi connectivity index (χ2n) is 9.23. The number of hydrogen-bond acceptors (Lipinski definition) is 7. The molecule has 0 bridgehead atoms. The summed E-state index contributed by atoms with van der Waals surface area (Å²) < 4.78 is 7.40. The first-order valence-corrected chi connectivity index (χ1v) is 12.7. The van der Waals surface area contributed by atoms with E-state index in [4.69, 9.17) is 14.8 Å². The number of nitrogens with one attached hydrogen (secondary N) is 1. The van der Waals surface area contributed by atoms with Gasteiger partial charge in [0.25, 0.3) is 0 Å². The molecule has 1 aliphatic rings. The molecule has 36 heavy (non-hydrogen) atoms. The molecule has 0 radical (unpaired) electrons. The third-order valence-corrected chi connectivity index (χ3v) is 6.60. The van der Waals surface area contributed by atoms with Crippen LogP contribution >= 0.6 is 0 Å². The Bertz CT molecular complexity index is 1310. The van der Waals surface area contributed by atoms with Crippen molar-refractivity contribution in [2.75, 3.05) is 36.6 Å². The Hall–Kier alpha value is -3.78. The van der Waals surface area contributed by atoms with Gasteiger partial charge in [-0.05, 0) is 41.7 Å². The van der Waals surface area contributed by atoms with Crippen molar-refractivity contribution in [2.45, 2.75) is 39.0 Å². The minimum atomic E-state index is 0.544. The van der Waals surface area contributed by atoms with Crippen molar-refractivity contribution in [2.24, 2.45) is 5.10 Å². The Labute approximate surface area is 212 Å². The van der Waals surface area contributed by atoms with Gasteiger partial charge in [-0.2, -0.15) is 5.10 Å². The van der Waals surface area contributed by atoms with Crippen LogP contribution < -0.4 is 10.3 Å². The van der Waals surface area contributed by atoms with Gasteiger partial charge < -0.3 is 9.64 Å². The summed E-state index contributed by atoms with van der Waals surface area (Å²) in [6, 6.07) is 14.5. The number of morpholine rings is 1. The van der Waals surface area contributed by atoms with E-state index in [9.17, 15) is 0 Å². The highest BCUT2D eigenvalue weighted by Gasteiger charge is 2.19. The van der Waals surface area contributed by atoms with Crippen LogP contribution in [0.1, 0.15) is 50.2 Å². The summed E-state index contributed by atoms with van der Waals surface area (Å²) >= 11 is 0. The molecule has 3 aromatic heterocycles. The Morgan fingerprint density at radius 3 is 2.78 bits per heavy atom. The summed E-state index contributed by atoms with van der Waals surface area (Å²) in [5.74, 6) is 1.20. The summed E-state index contributed by atoms with van der Waals surface area (Å²) in [5.41, 5.74) is 9.24. The summed E-state index contributed by atoms with van der Waals surface area (Å²) in [4.78, 5) is 11.3. The van der Waals surface area contributed by atoms with Crippen LogP contribution in [0.5, 0.6) is 0 Å². The van der Waals surface area contributed by atoms with E-state index >= 15 is 0 Å². The fourth-order valence-electron chi connectivity index (χ4n) is 4.51. The minimum Gasteiger partial charge on any atom is -0.378 e. The van der Waals surface area contributed by atoms with Gasteiger partial charge in [-0.15, -0.1) is 5.10 Å². The SMILES string of the molecule is CCCCC(C)c1cccc(/C=N\Nc2cc(N3CCOCC3)c3nc(-c4ccncc4)cn3n2)c1. The van der Waals surface area contributed by atoms with Gasteiger partial charge >= 0.3 is 0 Å². The highest BCUT2D eigenvalue weighted by atomic mass is 16.5. The second-order valence-corrected chi connectivity index (χ2v) is 9.23. The molecule has 1 unspecified atom stereocenters. The van der Waals surface area contributed by atoms with E-state index in [0.717, 1.165) is 41.2 Å². The zero-order chi connectivity index (χ0) is 24.7. The lowest BCUT2D eigenvalue weighted by atomic mass is 9.94. The maximum atomic E-state index is 5.57. The van der Waals surface area contributed by atoms with Crippen LogP contribution in [0.15, 0.2) is 66.2 Å². The van der Waals surface area contributed by atoms with Gasteiger partial charge in [-0.25, -0.2) is 9.50 Å². The summed E-state index contributed by atoms with van der Waals surface area (Å²) in [7, 11) is 0. The van der Waals surface area contributed by atoms with Gasteiger partial charge in [0, 0.05) is 37.1 Å². The number of pyridine rings is 1. The van der Waals surface area contributed by atoms with Gasteiger partial charge in [0.15, 0.2) is 11.5 Å². The molecule has 4 heterocycles. The smallest absolute Gasteiger partial charge is 0.177 e. The molecule has 1 saturated heterocycles. The molecule has 0 saturated carbocycles. The predicted octanol–water partition coefficient (Wildman–Crippen LogP) is 5.37. The number of benzene rings is 1. The van der Waals surface area contributed by atoms with Crippen LogP contribution in [0.4, 0.5) is 11.5 Å². The van der Waals surface area contributed by atoms with Crippen molar-refractivity contribution >= 4 is 23.4 Å². The van der Waals surface area contributed by atoms with E-state index < -0.39 is 0 Å². The van der Waals surface area contributed by atoms with Crippen LogP contribution in [0.25, 0.3) is 16.9 Å². The fraction of sp³-hybridized carbons (Fsp3) is 0.357. The zero-order valence-corrected chi connectivity index (χ0v) is 21.0. The Kier molecular flexibility index (Phi) is 7.52. The molecule has 8 nitrogen and oxygen atoms in total. The average molecular weight is 484 g/mol. The predicted molar refractivity (Wildman–Crippen MR) is 145 cm³/mol. The van der Waals surface area contributed by atoms with E-state index in [1.165, 1.54) is 24.8 Å². The average Bonchev–Trinajstić information content (AvgIpc) is 3.37. The Balaban J connectivity index is 1.41. The molecular weight excluding hydrogens is 450 g/mol. The van der Waals surface area contributed by atoms with Crippen molar-refractivity contribution in [3.63, 3.8) is 0 Å². The lowest BCUT2D eigenvalue weighted by molar-refractivity contribution is 0.123. The number of nitrogens with zero attached hydrogens (tertiary/aromatic N) is 6. The van der Waals surface area contributed by atoms with Crippen molar-refractivity contribution in [1.29, 1.82) is 0 Å². The monoisotopic (exact) mass is 483 g/mol. The maximum absolute atomic E-state index is 5.57. The van der Waals surface area contributed by atoms with Crippen LogP contribution in [-0.2, 0) is 4.74 Å². The molecule has 186 valence electrons. The third-order valence-electron chi connectivity index (χ3n) is 6.60. The number of aromatic nitrogens is 4. The fourth-order valence-corrected chi connectivity index (χ4v) is 4.51. The molecular formula is C28H33N7O. The van der Waals surface area contributed by atoms with Crippen molar-refractivity contribution in [3.05, 3.63) is 72.2 Å². The highest BCUT2D eigenvalue weighted by Crippen LogP contribution is 2.28. The second kappa shape index (κ2) is 11.3. The van der Waals surface area contributed by atoms with Gasteiger partial charge in [-0.1, -0.05) is 44.9 Å². The molecule has 1 fully saturated rings. The van der Waals surface area contributed by atoms with E-state index in [1.807, 2.05) is 35.1 Å². The third kappa shape index (κ3) is 5.54. The number of hydrogen-bond donors (Lipinski definition) is 1. The van der Waals surface area contributed by atoms with Crippen molar-refractivity contribution < 1.29 is 4.74 Å². The van der Waals surface area contributed by atoms with E-state index in [-0.39, 0.29) is 0 Å². The lowest BCUT2D eigenvalue weighted by Gasteiger charge is -2.29. The Morgan fingerprint density at radius 1 is 1.14 bits per heavy atom. The highest BCUT2D eigenvalue weighted by molar-refractivity contribution is 5.81. The number of unbranched alkanes of at least 4 members (excludes halogenated alkanes) is 1. The first-order valence-electron chi connectivity index (χ1n) is 12.7. The summed E-state index contributed by atoms with van der Waals surface area (Å²) in [6.45, 7) is 7.54. The van der Waals surface area contributed by atoms with E-state index in [1.54, 1.807) is 12.4 Å². The molecule has 4 aromatic rings. The number of fused-ring (bicyclic) bond motifs is 1. The van der Waals surface area contributed by atoms with Crippen LogP contribution in [0, 0.1) is 0 Å². The lowest BCUT2D eigenvalue weighted by Crippen LogP contribution is -2.36. The topological polar surface area (TPSA) is 79.9 Å². The number of anilines is 2. The standard InChI is InChI=1S/C28H33N7O/c1-3-4-6-21(2)24-8-5-7-22(17-24)19-30-32-27-18-26(34-13-15-36-16-14-34)28-31-25(20-35(28)33-27)23-9-11-29-12-10-23/h5,7-12,17-21H,3-4,6,13-16H2,1-2H3,(H,32,33)/b30-19-. The molecule has 1 atom stereocenters. The van der Waals surface area contributed by atoms with E-state index in [2.05, 4.69) is 58.5 Å². The molecule has 0 spiro atoms. The number of rotatable bonds is 9. The van der Waals surface area contributed by atoms with Crippen molar-refractivity contribution in [3.8, 4) is 11.3 Å². The minimum absolute atomic E-state index is 0.544. The largest absolute Gasteiger partial charge is 0.378 e.